The van der Waals surface area contributed by atoms with Crippen molar-refractivity contribution in [1.29, 1.82) is 0 Å². The molecule has 1 aliphatic heterocycles. The molecule has 1 N–H and O–H groups in total. The molecule has 0 unspecified atom stereocenters. The Morgan fingerprint density at radius 3 is 1.96 bits per heavy atom. The topological polar surface area (TPSA) is 32.7 Å². The first-order chi connectivity index (χ1) is 12.1. The highest BCUT2D eigenvalue weighted by Gasteiger charge is 2.10. The van der Waals surface area contributed by atoms with Crippen LogP contribution in [0.4, 0.5) is 0 Å². The second-order valence-corrected chi connectivity index (χ2v) is 6.72. The number of phenols is 1. The molecule has 0 radical (unpaired) electrons. The Balaban J connectivity index is 1.62. The molecule has 0 amide bonds. The third-order valence-corrected chi connectivity index (χ3v) is 5.03. The monoisotopic (exact) mass is 337 g/mol. The first kappa shape index (κ1) is 17.6. The van der Waals surface area contributed by atoms with Gasteiger partial charge in [-0.1, -0.05) is 24.3 Å². The van der Waals surface area contributed by atoms with Crippen molar-refractivity contribution in [3.05, 3.63) is 59.7 Å². The van der Waals surface area contributed by atoms with Gasteiger partial charge in [0.15, 0.2) is 0 Å². The number of hydrogen-bond donors (Lipinski definition) is 1. The molecule has 0 aromatic heterocycles. The molecule has 25 heavy (non-hydrogen) atoms. The molecular formula is C22H27NO2. The van der Waals surface area contributed by atoms with E-state index in [2.05, 4.69) is 30.9 Å². The summed E-state index contributed by atoms with van der Waals surface area (Å²) in [6, 6.07) is 15.7. The summed E-state index contributed by atoms with van der Waals surface area (Å²) >= 11 is 0. The summed E-state index contributed by atoms with van der Waals surface area (Å²) in [4.78, 5) is 2.46. The smallest absolute Gasteiger partial charge is 0.119 e. The SMILES string of the molecule is C/C(=C(/C)c1ccc(OCCN2CCCC2)cc1)c1ccc(O)cc1. The van der Waals surface area contributed by atoms with Gasteiger partial charge >= 0.3 is 0 Å². The van der Waals surface area contributed by atoms with Gasteiger partial charge in [0.2, 0.25) is 0 Å². The fourth-order valence-corrected chi connectivity index (χ4v) is 3.24. The van der Waals surface area contributed by atoms with Gasteiger partial charge in [-0.15, -0.1) is 0 Å². The van der Waals surface area contributed by atoms with Crippen LogP contribution >= 0.6 is 0 Å². The summed E-state index contributed by atoms with van der Waals surface area (Å²) in [6.45, 7) is 8.43. The van der Waals surface area contributed by atoms with Gasteiger partial charge in [0.1, 0.15) is 18.1 Å². The van der Waals surface area contributed by atoms with Crippen molar-refractivity contribution < 1.29 is 9.84 Å². The molecule has 132 valence electrons. The van der Waals surface area contributed by atoms with Crippen molar-refractivity contribution >= 4 is 11.1 Å². The lowest BCUT2D eigenvalue weighted by atomic mass is 9.97. The van der Waals surface area contributed by atoms with E-state index < -0.39 is 0 Å². The second kappa shape index (κ2) is 8.21. The van der Waals surface area contributed by atoms with Gasteiger partial charge in [-0.05, 0) is 86.3 Å². The number of nitrogens with zero attached hydrogens (tertiary/aromatic N) is 1. The minimum absolute atomic E-state index is 0.296. The largest absolute Gasteiger partial charge is 0.508 e. The van der Waals surface area contributed by atoms with Gasteiger partial charge in [0.05, 0.1) is 0 Å². The van der Waals surface area contributed by atoms with E-state index in [0.29, 0.717) is 5.75 Å². The maximum absolute atomic E-state index is 9.43. The predicted octanol–water partition coefficient (Wildman–Crippen LogP) is 4.82. The van der Waals surface area contributed by atoms with Crippen molar-refractivity contribution in [2.45, 2.75) is 26.7 Å². The zero-order valence-electron chi connectivity index (χ0n) is 15.2. The normalized spacial score (nSPS) is 15.9. The Morgan fingerprint density at radius 1 is 0.880 bits per heavy atom. The average Bonchev–Trinajstić information content (AvgIpc) is 3.15. The third-order valence-electron chi connectivity index (χ3n) is 5.03. The lowest BCUT2D eigenvalue weighted by Crippen LogP contribution is -2.25. The average molecular weight is 337 g/mol. The lowest BCUT2D eigenvalue weighted by Gasteiger charge is -2.15. The molecule has 1 saturated heterocycles. The Bertz CT molecular complexity index is 711. The summed E-state index contributed by atoms with van der Waals surface area (Å²) in [5, 5.41) is 9.43. The van der Waals surface area contributed by atoms with Crippen LogP contribution in [0.2, 0.25) is 0 Å². The van der Waals surface area contributed by atoms with Crippen LogP contribution in [0.1, 0.15) is 37.8 Å². The molecule has 0 aliphatic carbocycles. The van der Waals surface area contributed by atoms with Crippen molar-refractivity contribution in [1.82, 2.24) is 4.90 Å². The van der Waals surface area contributed by atoms with E-state index in [1.807, 2.05) is 24.3 Å². The van der Waals surface area contributed by atoms with Crippen LogP contribution < -0.4 is 4.74 Å². The highest BCUT2D eigenvalue weighted by Crippen LogP contribution is 2.27. The number of likely N-dealkylation sites (tertiary alicyclic amines) is 1. The van der Waals surface area contributed by atoms with Crippen LogP contribution in [0.5, 0.6) is 11.5 Å². The second-order valence-electron chi connectivity index (χ2n) is 6.72. The van der Waals surface area contributed by atoms with Crippen LogP contribution in [0.15, 0.2) is 48.5 Å². The number of allylic oxidation sites excluding steroid dienone is 2. The molecule has 0 saturated carbocycles. The van der Waals surface area contributed by atoms with Crippen molar-refractivity contribution in [2.75, 3.05) is 26.2 Å². The quantitative estimate of drug-likeness (QED) is 0.767. The Kier molecular flexibility index (Phi) is 5.77. The van der Waals surface area contributed by atoms with E-state index in [1.165, 1.54) is 42.6 Å². The molecule has 1 aliphatic rings. The summed E-state index contributed by atoms with van der Waals surface area (Å²) in [6.07, 6.45) is 2.64. The maximum atomic E-state index is 9.43. The van der Waals surface area contributed by atoms with E-state index in [1.54, 1.807) is 12.1 Å². The van der Waals surface area contributed by atoms with E-state index in [-0.39, 0.29) is 0 Å². The molecule has 3 heteroatoms. The molecular weight excluding hydrogens is 310 g/mol. The molecule has 0 spiro atoms. The molecule has 0 atom stereocenters. The fourth-order valence-electron chi connectivity index (χ4n) is 3.24. The Morgan fingerprint density at radius 2 is 1.40 bits per heavy atom. The molecule has 1 fully saturated rings. The van der Waals surface area contributed by atoms with Gasteiger partial charge in [-0.3, -0.25) is 4.90 Å². The van der Waals surface area contributed by atoms with Crippen molar-refractivity contribution in [2.24, 2.45) is 0 Å². The zero-order valence-corrected chi connectivity index (χ0v) is 15.2. The van der Waals surface area contributed by atoms with Gasteiger partial charge in [0.25, 0.3) is 0 Å². The standard InChI is InChI=1S/C22H27NO2/c1-17(19-5-9-21(24)10-6-19)18(2)20-7-11-22(12-8-20)25-16-15-23-13-3-4-14-23/h5-12,24H,3-4,13-16H2,1-2H3/b18-17+. The molecule has 1 heterocycles. The highest BCUT2D eigenvalue weighted by molar-refractivity contribution is 5.88. The number of hydrogen-bond acceptors (Lipinski definition) is 3. The predicted molar refractivity (Wildman–Crippen MR) is 104 cm³/mol. The number of phenolic OH excluding ortho intramolecular Hbond substituents is 1. The van der Waals surface area contributed by atoms with Gasteiger partial charge in [-0.25, -0.2) is 0 Å². The summed E-state index contributed by atoms with van der Waals surface area (Å²) in [5.41, 5.74) is 4.76. The molecule has 3 nitrogen and oxygen atoms in total. The van der Waals surface area contributed by atoms with E-state index in [4.69, 9.17) is 4.74 Å². The van der Waals surface area contributed by atoms with E-state index in [0.717, 1.165) is 24.5 Å². The van der Waals surface area contributed by atoms with Crippen LogP contribution in [0, 0.1) is 0 Å². The minimum atomic E-state index is 0.296. The van der Waals surface area contributed by atoms with Gasteiger partial charge < -0.3 is 9.84 Å². The minimum Gasteiger partial charge on any atom is -0.508 e. The lowest BCUT2D eigenvalue weighted by molar-refractivity contribution is 0.238. The maximum Gasteiger partial charge on any atom is 0.119 e. The molecule has 3 rings (SSSR count). The van der Waals surface area contributed by atoms with Crippen molar-refractivity contribution in [3.8, 4) is 11.5 Å². The Hall–Kier alpha value is -2.26. The van der Waals surface area contributed by atoms with Crippen LogP contribution in [0.3, 0.4) is 0 Å². The zero-order chi connectivity index (χ0) is 17.6. The van der Waals surface area contributed by atoms with E-state index in [9.17, 15) is 5.11 Å². The van der Waals surface area contributed by atoms with Crippen molar-refractivity contribution in [3.63, 3.8) is 0 Å². The van der Waals surface area contributed by atoms with E-state index >= 15 is 0 Å². The Labute approximate surface area is 150 Å². The molecule has 2 aromatic carbocycles. The number of ether oxygens (including phenoxy) is 1. The van der Waals surface area contributed by atoms with Gasteiger partial charge in [0, 0.05) is 6.54 Å². The summed E-state index contributed by atoms with van der Waals surface area (Å²) < 4.78 is 5.88. The number of rotatable bonds is 6. The number of benzene rings is 2. The first-order valence-electron chi connectivity index (χ1n) is 9.06. The van der Waals surface area contributed by atoms with Crippen LogP contribution in [-0.2, 0) is 0 Å². The highest BCUT2D eigenvalue weighted by atomic mass is 16.5. The van der Waals surface area contributed by atoms with Gasteiger partial charge in [-0.2, -0.15) is 0 Å². The molecule has 0 bridgehead atoms. The van der Waals surface area contributed by atoms with Crippen LogP contribution in [0.25, 0.3) is 11.1 Å². The fraction of sp³-hybridized carbons (Fsp3) is 0.364. The van der Waals surface area contributed by atoms with Crippen LogP contribution in [-0.4, -0.2) is 36.2 Å². The summed E-state index contributed by atoms with van der Waals surface area (Å²) in [5.74, 6) is 1.22. The third kappa shape index (κ3) is 4.64. The number of aromatic hydroxyl groups is 1. The first-order valence-corrected chi connectivity index (χ1v) is 9.06. The molecule has 2 aromatic rings. The summed E-state index contributed by atoms with van der Waals surface area (Å²) in [7, 11) is 0.